The van der Waals surface area contributed by atoms with Gasteiger partial charge in [-0.25, -0.2) is 0 Å². The van der Waals surface area contributed by atoms with E-state index in [1.807, 2.05) is 6.07 Å². The number of nitrogens with two attached hydrogens (primary N) is 2. The number of hydrogen-bond donors (Lipinski definition) is 2. The largest absolute Gasteiger partial charge is 0.497 e. The molecule has 2 aromatic rings. The maximum Gasteiger partial charge on any atom is 0.248 e. The molecule has 21 heavy (non-hydrogen) atoms. The van der Waals surface area contributed by atoms with Gasteiger partial charge in [-0.2, -0.15) is 5.26 Å². The molecule has 0 spiro atoms. The number of nitrogens with zero attached hydrogens (tertiary/aromatic N) is 1. The van der Waals surface area contributed by atoms with Gasteiger partial charge >= 0.3 is 0 Å². The lowest BCUT2D eigenvalue weighted by molar-refractivity contribution is 0.0999. The highest BCUT2D eigenvalue weighted by atomic mass is 16.5. The molecule has 2 aromatic carbocycles. The van der Waals surface area contributed by atoms with E-state index in [9.17, 15) is 4.79 Å². The number of hydrogen-bond acceptors (Lipinski definition) is 5. The van der Waals surface area contributed by atoms with E-state index in [1.165, 1.54) is 25.3 Å². The Hall–Kier alpha value is -3.20. The van der Waals surface area contributed by atoms with Crippen LogP contribution in [0.5, 0.6) is 17.2 Å². The molecule has 0 atom stereocenters. The van der Waals surface area contributed by atoms with Gasteiger partial charge in [0.2, 0.25) is 5.91 Å². The van der Waals surface area contributed by atoms with Crippen molar-refractivity contribution in [3.63, 3.8) is 0 Å². The topological polar surface area (TPSA) is 111 Å². The van der Waals surface area contributed by atoms with Crippen LogP contribution in [0.1, 0.15) is 15.9 Å². The fourth-order valence-corrected chi connectivity index (χ4v) is 1.73. The highest BCUT2D eigenvalue weighted by molar-refractivity contribution is 5.93. The van der Waals surface area contributed by atoms with Gasteiger partial charge in [0, 0.05) is 11.6 Å². The molecule has 0 aliphatic carbocycles. The predicted octanol–water partition coefficient (Wildman–Crippen LogP) is 2.04. The zero-order valence-corrected chi connectivity index (χ0v) is 11.3. The molecule has 0 saturated carbocycles. The van der Waals surface area contributed by atoms with Crippen LogP contribution in [0.15, 0.2) is 36.4 Å². The lowest BCUT2D eigenvalue weighted by Crippen LogP contribution is -2.11. The number of carbonyl (C=O) groups excluding carboxylic acids is 1. The molecular weight excluding hydrogens is 270 g/mol. The first-order valence-electron chi connectivity index (χ1n) is 6.00. The minimum Gasteiger partial charge on any atom is -0.497 e. The van der Waals surface area contributed by atoms with Crippen LogP contribution in [0.4, 0.5) is 5.69 Å². The Bertz CT molecular complexity index is 735. The number of carbonyl (C=O) groups is 1. The number of ether oxygens (including phenoxy) is 2. The minimum absolute atomic E-state index is 0.261. The number of benzene rings is 2. The van der Waals surface area contributed by atoms with Gasteiger partial charge in [-0.05, 0) is 30.3 Å². The SMILES string of the molecule is COc1cc(Oc2ccc(C#N)cc2N)cc(C(N)=O)c1. The zero-order valence-electron chi connectivity index (χ0n) is 11.3. The molecule has 6 nitrogen and oxygen atoms in total. The molecule has 0 unspecified atom stereocenters. The number of anilines is 1. The molecule has 0 fully saturated rings. The molecule has 0 heterocycles. The molecule has 4 N–H and O–H groups in total. The Balaban J connectivity index is 2.37. The Morgan fingerprint density at radius 2 is 1.90 bits per heavy atom. The van der Waals surface area contributed by atoms with E-state index in [0.717, 1.165) is 0 Å². The van der Waals surface area contributed by atoms with Gasteiger partial charge in [-0.3, -0.25) is 4.79 Å². The first-order valence-corrected chi connectivity index (χ1v) is 6.00. The number of rotatable bonds is 4. The fraction of sp³-hybridized carbons (Fsp3) is 0.0667. The van der Waals surface area contributed by atoms with Gasteiger partial charge in [-0.1, -0.05) is 0 Å². The summed E-state index contributed by atoms with van der Waals surface area (Å²) in [4.78, 5) is 11.3. The van der Waals surface area contributed by atoms with Crippen molar-refractivity contribution in [2.45, 2.75) is 0 Å². The minimum atomic E-state index is -0.591. The third-order valence-corrected chi connectivity index (χ3v) is 2.77. The molecule has 0 aliphatic rings. The van der Waals surface area contributed by atoms with Crippen LogP contribution in [0, 0.1) is 11.3 Å². The van der Waals surface area contributed by atoms with E-state index in [1.54, 1.807) is 18.2 Å². The second-order valence-electron chi connectivity index (χ2n) is 4.23. The molecule has 6 heteroatoms. The molecule has 106 valence electrons. The summed E-state index contributed by atoms with van der Waals surface area (Å²) in [6, 6.07) is 11.3. The number of nitrogen functional groups attached to an aromatic ring is 1. The van der Waals surface area contributed by atoms with Crippen molar-refractivity contribution in [3.8, 4) is 23.3 Å². The Kier molecular flexibility index (Phi) is 3.95. The van der Waals surface area contributed by atoms with Gasteiger partial charge in [0.05, 0.1) is 24.4 Å². The first kappa shape index (κ1) is 14.2. The summed E-state index contributed by atoms with van der Waals surface area (Å²) < 4.78 is 10.7. The second kappa shape index (κ2) is 5.84. The molecule has 0 aliphatic heterocycles. The average Bonchev–Trinajstić information content (AvgIpc) is 2.48. The maximum atomic E-state index is 11.3. The third kappa shape index (κ3) is 3.22. The quantitative estimate of drug-likeness (QED) is 0.834. The summed E-state index contributed by atoms with van der Waals surface area (Å²) in [5.74, 6) is 0.581. The number of amides is 1. The maximum absolute atomic E-state index is 11.3. The van der Waals surface area contributed by atoms with E-state index in [0.29, 0.717) is 28.5 Å². The Labute approximate surface area is 121 Å². The van der Waals surface area contributed by atoms with Gasteiger partial charge in [0.1, 0.15) is 17.2 Å². The number of primary amides is 1. The molecular formula is C15H13N3O3. The van der Waals surface area contributed by atoms with Gasteiger partial charge in [0.25, 0.3) is 0 Å². The van der Waals surface area contributed by atoms with E-state index in [2.05, 4.69) is 0 Å². The van der Waals surface area contributed by atoms with Gasteiger partial charge < -0.3 is 20.9 Å². The van der Waals surface area contributed by atoms with E-state index in [-0.39, 0.29) is 5.56 Å². The lowest BCUT2D eigenvalue weighted by atomic mass is 10.2. The van der Waals surface area contributed by atoms with Crippen LogP contribution in [0.2, 0.25) is 0 Å². The van der Waals surface area contributed by atoms with Crippen LogP contribution < -0.4 is 20.9 Å². The third-order valence-electron chi connectivity index (χ3n) is 2.77. The van der Waals surface area contributed by atoms with Crippen molar-refractivity contribution in [3.05, 3.63) is 47.5 Å². The van der Waals surface area contributed by atoms with Crippen LogP contribution in [0.25, 0.3) is 0 Å². The van der Waals surface area contributed by atoms with Crippen LogP contribution >= 0.6 is 0 Å². The van der Waals surface area contributed by atoms with E-state index < -0.39 is 5.91 Å². The van der Waals surface area contributed by atoms with Crippen molar-refractivity contribution >= 4 is 11.6 Å². The molecule has 0 bridgehead atoms. The summed E-state index contributed by atoms with van der Waals surface area (Å²) in [7, 11) is 1.47. The summed E-state index contributed by atoms with van der Waals surface area (Å²) in [6.07, 6.45) is 0. The van der Waals surface area contributed by atoms with Gasteiger partial charge in [-0.15, -0.1) is 0 Å². The molecule has 0 aromatic heterocycles. The van der Waals surface area contributed by atoms with Crippen molar-refractivity contribution in [2.24, 2.45) is 5.73 Å². The zero-order chi connectivity index (χ0) is 15.4. The lowest BCUT2D eigenvalue weighted by Gasteiger charge is -2.11. The summed E-state index contributed by atoms with van der Waals surface area (Å²) in [6.45, 7) is 0. The van der Waals surface area contributed by atoms with Crippen LogP contribution in [-0.4, -0.2) is 13.0 Å². The highest BCUT2D eigenvalue weighted by Crippen LogP contribution is 2.31. The summed E-state index contributed by atoms with van der Waals surface area (Å²) >= 11 is 0. The first-order chi connectivity index (χ1) is 10.0. The van der Waals surface area contributed by atoms with E-state index >= 15 is 0 Å². The molecule has 0 saturated heterocycles. The van der Waals surface area contributed by atoms with Crippen LogP contribution in [-0.2, 0) is 0 Å². The predicted molar refractivity (Wildman–Crippen MR) is 77.2 cm³/mol. The van der Waals surface area contributed by atoms with Gasteiger partial charge in [0.15, 0.2) is 0 Å². The Morgan fingerprint density at radius 1 is 1.19 bits per heavy atom. The Morgan fingerprint density at radius 3 is 2.48 bits per heavy atom. The second-order valence-corrected chi connectivity index (χ2v) is 4.23. The standard InChI is InChI=1S/C15H13N3O3/c1-20-11-5-10(15(18)19)6-12(7-11)21-14-3-2-9(8-16)4-13(14)17/h2-7H,17H2,1H3,(H2,18,19). The van der Waals surface area contributed by atoms with Crippen molar-refractivity contribution in [2.75, 3.05) is 12.8 Å². The van der Waals surface area contributed by atoms with Crippen molar-refractivity contribution in [1.29, 1.82) is 5.26 Å². The highest BCUT2D eigenvalue weighted by Gasteiger charge is 2.09. The number of methoxy groups -OCH3 is 1. The fourth-order valence-electron chi connectivity index (χ4n) is 1.73. The average molecular weight is 283 g/mol. The summed E-state index contributed by atoms with van der Waals surface area (Å²) in [5.41, 5.74) is 12.1. The monoisotopic (exact) mass is 283 g/mol. The van der Waals surface area contributed by atoms with Crippen molar-refractivity contribution < 1.29 is 14.3 Å². The van der Waals surface area contributed by atoms with Crippen LogP contribution in [0.3, 0.4) is 0 Å². The van der Waals surface area contributed by atoms with Crippen molar-refractivity contribution in [1.82, 2.24) is 0 Å². The normalized spacial score (nSPS) is 9.71. The number of nitriles is 1. The smallest absolute Gasteiger partial charge is 0.248 e. The molecule has 0 radical (unpaired) electrons. The van der Waals surface area contributed by atoms with E-state index in [4.69, 9.17) is 26.2 Å². The summed E-state index contributed by atoms with van der Waals surface area (Å²) in [5, 5.41) is 8.79. The molecule has 2 rings (SSSR count). The molecule has 1 amide bonds.